The number of morpholine rings is 1. The Bertz CT molecular complexity index is 1090. The number of hydrogen-bond acceptors (Lipinski definition) is 9. The van der Waals surface area contributed by atoms with Crippen molar-refractivity contribution in [1.82, 2.24) is 25.3 Å². The second-order valence-electron chi connectivity index (χ2n) is 13.3. The van der Waals surface area contributed by atoms with E-state index < -0.39 is 6.10 Å². The Hall–Kier alpha value is -3.10. The van der Waals surface area contributed by atoms with Gasteiger partial charge in [-0.1, -0.05) is 83.4 Å². The zero-order valence-corrected chi connectivity index (χ0v) is 33.8. The molecule has 0 spiro atoms. The lowest BCUT2D eigenvalue weighted by atomic mass is 9.90. The number of aldehydes is 1. The van der Waals surface area contributed by atoms with Crippen LogP contribution in [-0.2, 0) is 28.6 Å². The number of nitrogens with zero attached hydrogens (tertiary/aromatic N) is 3. The normalized spacial score (nSPS) is 18.0. The first kappa shape index (κ1) is 48.9. The zero-order valence-electron chi connectivity index (χ0n) is 33.8. The fraction of sp³-hybridized carbons (Fsp3) is 0.744. The summed E-state index contributed by atoms with van der Waals surface area (Å²) < 4.78 is 16.7. The number of aliphatic hydroxyl groups is 1. The summed E-state index contributed by atoms with van der Waals surface area (Å²) in [6.45, 7) is 15.5. The number of hydrogen-bond donors (Lipinski definition) is 3. The molecular formula is C39H71N5O8. The van der Waals surface area contributed by atoms with Crippen molar-refractivity contribution in [2.45, 2.75) is 97.9 Å². The van der Waals surface area contributed by atoms with Crippen LogP contribution in [0, 0.1) is 18.8 Å². The van der Waals surface area contributed by atoms with E-state index in [0.717, 1.165) is 25.5 Å². The van der Waals surface area contributed by atoms with Crippen LogP contribution in [-0.4, -0.2) is 149 Å². The van der Waals surface area contributed by atoms with Gasteiger partial charge in [-0.15, -0.1) is 0 Å². The first-order valence-electron chi connectivity index (χ1n) is 18.9. The molecule has 0 aromatic heterocycles. The van der Waals surface area contributed by atoms with Crippen LogP contribution in [0.5, 0.6) is 0 Å². The van der Waals surface area contributed by atoms with Gasteiger partial charge >= 0.3 is 6.03 Å². The summed E-state index contributed by atoms with van der Waals surface area (Å²) in [4.78, 5) is 55.5. The van der Waals surface area contributed by atoms with Gasteiger partial charge in [0.1, 0.15) is 6.29 Å². The van der Waals surface area contributed by atoms with Crippen LogP contribution in [0.25, 0.3) is 0 Å². The number of carbonyl (C=O) groups excluding carboxylic acids is 4. The van der Waals surface area contributed by atoms with Crippen LogP contribution in [0.3, 0.4) is 0 Å². The number of benzene rings is 1. The van der Waals surface area contributed by atoms with E-state index in [-0.39, 0.29) is 67.4 Å². The van der Waals surface area contributed by atoms with Gasteiger partial charge in [-0.25, -0.2) is 4.79 Å². The largest absolute Gasteiger partial charge is 0.395 e. The Morgan fingerprint density at radius 2 is 1.67 bits per heavy atom. The lowest BCUT2D eigenvalue weighted by Crippen LogP contribution is -2.54. The Morgan fingerprint density at radius 1 is 1.06 bits per heavy atom. The molecule has 13 nitrogen and oxygen atoms in total. The van der Waals surface area contributed by atoms with Crippen molar-refractivity contribution in [3.05, 3.63) is 35.9 Å². The third kappa shape index (κ3) is 18.1. The Labute approximate surface area is 314 Å². The molecule has 2 heterocycles. The van der Waals surface area contributed by atoms with Gasteiger partial charge in [-0.3, -0.25) is 9.59 Å². The van der Waals surface area contributed by atoms with E-state index in [2.05, 4.69) is 43.5 Å². The van der Waals surface area contributed by atoms with Gasteiger partial charge in [0.2, 0.25) is 11.8 Å². The van der Waals surface area contributed by atoms with E-state index in [9.17, 15) is 19.2 Å². The predicted molar refractivity (Wildman–Crippen MR) is 206 cm³/mol. The summed E-state index contributed by atoms with van der Waals surface area (Å²) in [5.41, 5.74) is 1.32. The summed E-state index contributed by atoms with van der Waals surface area (Å²) >= 11 is 0. The van der Waals surface area contributed by atoms with Gasteiger partial charge in [0, 0.05) is 53.4 Å². The number of amides is 4. The number of likely N-dealkylation sites (tertiary alicyclic amines) is 1. The van der Waals surface area contributed by atoms with Crippen LogP contribution < -0.4 is 10.6 Å². The zero-order chi connectivity index (χ0) is 39.5. The van der Waals surface area contributed by atoms with Crippen molar-refractivity contribution >= 4 is 24.1 Å². The minimum atomic E-state index is -0.530. The van der Waals surface area contributed by atoms with Crippen LogP contribution in [0.15, 0.2) is 30.3 Å². The molecule has 1 aromatic carbocycles. The molecule has 52 heavy (non-hydrogen) atoms. The average molecular weight is 738 g/mol. The van der Waals surface area contributed by atoms with E-state index in [1.54, 1.807) is 49.9 Å². The van der Waals surface area contributed by atoms with Crippen molar-refractivity contribution in [1.29, 1.82) is 0 Å². The number of nitrogens with one attached hydrogen (secondary N) is 2. The van der Waals surface area contributed by atoms with Gasteiger partial charge in [-0.05, 0) is 32.7 Å². The number of aryl methyl sites for hydroxylation is 1. The first-order valence-corrected chi connectivity index (χ1v) is 18.9. The molecule has 6 unspecified atom stereocenters. The minimum Gasteiger partial charge on any atom is -0.395 e. The number of aliphatic hydroxyl groups excluding tert-OH is 1. The van der Waals surface area contributed by atoms with Crippen molar-refractivity contribution in [3.63, 3.8) is 0 Å². The monoisotopic (exact) mass is 738 g/mol. The Morgan fingerprint density at radius 3 is 2.12 bits per heavy atom. The molecule has 6 atom stereocenters. The number of carbonyl (C=O) groups is 4. The highest BCUT2D eigenvalue weighted by Crippen LogP contribution is 2.28. The molecule has 3 rings (SSSR count). The fourth-order valence-electron chi connectivity index (χ4n) is 6.08. The van der Waals surface area contributed by atoms with Gasteiger partial charge in [-0.2, -0.15) is 0 Å². The van der Waals surface area contributed by atoms with Crippen molar-refractivity contribution in [2.24, 2.45) is 11.8 Å². The molecule has 2 saturated heterocycles. The molecule has 4 amide bonds. The quantitative estimate of drug-likeness (QED) is 0.229. The van der Waals surface area contributed by atoms with Gasteiger partial charge in [0.15, 0.2) is 0 Å². The minimum absolute atomic E-state index is 0.0535. The second-order valence-corrected chi connectivity index (χ2v) is 13.3. The van der Waals surface area contributed by atoms with Crippen LogP contribution >= 0.6 is 0 Å². The molecular weight excluding hydrogens is 666 g/mol. The molecule has 2 fully saturated rings. The van der Waals surface area contributed by atoms with E-state index in [0.29, 0.717) is 39.4 Å². The van der Waals surface area contributed by atoms with E-state index in [1.807, 2.05) is 32.0 Å². The summed E-state index contributed by atoms with van der Waals surface area (Å²) in [6, 6.07) is 9.44. The lowest BCUT2D eigenvalue weighted by Gasteiger charge is -2.39. The third-order valence-corrected chi connectivity index (χ3v) is 9.12. The maximum Gasteiger partial charge on any atom is 0.317 e. The van der Waals surface area contributed by atoms with E-state index in [1.165, 1.54) is 12.0 Å². The standard InChI is InChI=1S/C26H46N4O7.C7H8.C3H9NO.C3H8/c1-7-18(2)24(28(4)23(33)16-27-26(34)29-11-13-37-14-12-29)21(35-5)15-22(32)30-10-8-9-20(30)25(36-6)19(3)17-31;1-7-5-3-2-4-6-7;1-4-2-3-5;1-3-2/h17-21,24-25H,7-16H2,1-6H3,(H,27,34);2-6H,1H3;4-5H,2-3H2,1H3;3H2,1-2H3. The van der Waals surface area contributed by atoms with Crippen molar-refractivity contribution in [3.8, 4) is 0 Å². The van der Waals surface area contributed by atoms with Gasteiger partial charge in [0.25, 0.3) is 0 Å². The number of ether oxygens (including phenoxy) is 3. The highest BCUT2D eigenvalue weighted by atomic mass is 16.5. The van der Waals surface area contributed by atoms with E-state index >= 15 is 0 Å². The molecule has 2 aliphatic rings. The fourth-order valence-corrected chi connectivity index (χ4v) is 6.08. The predicted octanol–water partition coefficient (Wildman–Crippen LogP) is 3.76. The average Bonchev–Trinajstić information content (AvgIpc) is 3.65. The number of urea groups is 1. The summed E-state index contributed by atoms with van der Waals surface area (Å²) in [7, 11) is 6.62. The van der Waals surface area contributed by atoms with Crippen molar-refractivity contribution in [2.75, 3.05) is 80.9 Å². The summed E-state index contributed by atoms with van der Waals surface area (Å²) in [5, 5.41) is 13.5. The Balaban J connectivity index is 0.00000144. The highest BCUT2D eigenvalue weighted by molar-refractivity contribution is 5.84. The topological polar surface area (TPSA) is 150 Å². The highest BCUT2D eigenvalue weighted by Gasteiger charge is 2.40. The van der Waals surface area contributed by atoms with Crippen LogP contribution in [0.1, 0.15) is 72.3 Å². The summed E-state index contributed by atoms with van der Waals surface area (Å²) in [6.07, 6.45) is 3.72. The second kappa shape index (κ2) is 29.4. The number of likely N-dealkylation sites (N-methyl/N-ethyl adjacent to an activating group) is 2. The third-order valence-electron chi connectivity index (χ3n) is 9.12. The summed E-state index contributed by atoms with van der Waals surface area (Å²) in [5.74, 6) is -0.604. The molecule has 1 aromatic rings. The maximum atomic E-state index is 13.5. The number of methoxy groups -OCH3 is 2. The molecule has 13 heteroatoms. The molecule has 0 aliphatic carbocycles. The SMILES string of the molecule is CCC.CCC(C)C(C(CC(=O)N1CCCC1C(OC)C(C)C=O)OC)N(C)C(=O)CNC(=O)N1CCOCC1.CNCCO.Cc1ccccc1. The maximum absolute atomic E-state index is 13.5. The Kier molecular flexibility index (Phi) is 27.6. The molecule has 3 N–H and O–H groups in total. The van der Waals surface area contributed by atoms with Crippen LogP contribution in [0.2, 0.25) is 0 Å². The van der Waals surface area contributed by atoms with E-state index in [4.69, 9.17) is 19.3 Å². The van der Waals surface area contributed by atoms with Gasteiger partial charge in [0.05, 0.1) is 57.1 Å². The van der Waals surface area contributed by atoms with Crippen LogP contribution in [0.4, 0.5) is 4.79 Å². The molecule has 300 valence electrons. The number of rotatable bonds is 15. The molecule has 0 bridgehead atoms. The van der Waals surface area contributed by atoms with Crippen molar-refractivity contribution < 1.29 is 38.5 Å². The molecule has 0 saturated carbocycles. The van der Waals surface area contributed by atoms with Gasteiger partial charge < -0.3 is 49.4 Å². The molecule has 0 radical (unpaired) electrons. The first-order chi connectivity index (χ1) is 24.9. The molecule has 2 aliphatic heterocycles. The lowest BCUT2D eigenvalue weighted by molar-refractivity contribution is -0.144. The smallest absolute Gasteiger partial charge is 0.317 e.